The van der Waals surface area contributed by atoms with Gasteiger partial charge >= 0.3 is 0 Å². The van der Waals surface area contributed by atoms with Gasteiger partial charge in [-0.3, -0.25) is 9.48 Å². The van der Waals surface area contributed by atoms with Crippen LogP contribution in [0.3, 0.4) is 0 Å². The Kier molecular flexibility index (Phi) is 5.12. The number of carbonyl (C=O) groups is 2. The van der Waals surface area contributed by atoms with Crippen LogP contribution in [0.25, 0.3) is 16.6 Å². The number of anilines is 1. The number of nitrogens with one attached hydrogen (secondary N) is 1. The number of amides is 1. The number of hydrogen-bond acceptors (Lipinski definition) is 5. The van der Waals surface area contributed by atoms with E-state index in [1.807, 2.05) is 6.20 Å². The third-order valence-corrected chi connectivity index (χ3v) is 6.01. The molecule has 0 radical (unpaired) electrons. The van der Waals surface area contributed by atoms with E-state index >= 15 is 0 Å². The summed E-state index contributed by atoms with van der Waals surface area (Å²) in [6, 6.07) is 4.64. The molecule has 3 aromatic heterocycles. The minimum Gasteiger partial charge on any atom is -0.321 e. The van der Waals surface area contributed by atoms with Crippen LogP contribution < -0.4 is 5.32 Å². The lowest BCUT2D eigenvalue weighted by Gasteiger charge is -2.25. The number of halogens is 2. The van der Waals surface area contributed by atoms with E-state index in [-0.39, 0.29) is 28.8 Å². The van der Waals surface area contributed by atoms with Gasteiger partial charge in [-0.1, -0.05) is 0 Å². The van der Waals surface area contributed by atoms with Gasteiger partial charge in [-0.05, 0) is 43.9 Å². The largest absolute Gasteiger partial charge is 0.321 e. The number of aldehydes is 1. The molecule has 1 aliphatic carbocycles. The molecule has 3 heterocycles. The summed E-state index contributed by atoms with van der Waals surface area (Å²) in [5.41, 5.74) is 0.688. The second kappa shape index (κ2) is 8.10. The van der Waals surface area contributed by atoms with Gasteiger partial charge in [0.2, 0.25) is 0 Å². The zero-order chi connectivity index (χ0) is 22.2. The maximum absolute atomic E-state index is 13.8. The molecule has 0 atom stereocenters. The minimum atomic E-state index is -2.79. The second-order valence-electron chi connectivity index (χ2n) is 8.01. The predicted octanol–water partition coefficient (Wildman–Crippen LogP) is 4.20. The molecule has 164 valence electrons. The molecule has 10 heteroatoms. The van der Waals surface area contributed by atoms with Crippen molar-refractivity contribution < 1.29 is 18.4 Å². The number of hydrogen-bond donors (Lipinski definition) is 1. The van der Waals surface area contributed by atoms with Crippen molar-refractivity contribution in [1.29, 1.82) is 0 Å². The van der Waals surface area contributed by atoms with E-state index < -0.39 is 12.3 Å². The van der Waals surface area contributed by atoms with Crippen molar-refractivity contribution in [2.75, 3.05) is 5.32 Å². The van der Waals surface area contributed by atoms with Crippen molar-refractivity contribution in [3.8, 4) is 0 Å². The van der Waals surface area contributed by atoms with E-state index in [2.05, 4.69) is 20.5 Å². The van der Waals surface area contributed by atoms with Crippen LogP contribution in [-0.2, 0) is 4.79 Å². The first-order valence-corrected chi connectivity index (χ1v) is 10.4. The first-order valence-electron chi connectivity index (χ1n) is 10.4. The normalized spacial score (nSPS) is 19.0. The van der Waals surface area contributed by atoms with Crippen LogP contribution >= 0.6 is 0 Å². The van der Waals surface area contributed by atoms with E-state index in [9.17, 15) is 18.4 Å². The molecule has 1 aliphatic rings. The summed E-state index contributed by atoms with van der Waals surface area (Å²) in [7, 11) is 0. The third-order valence-electron chi connectivity index (χ3n) is 6.01. The quantitative estimate of drug-likeness (QED) is 0.472. The van der Waals surface area contributed by atoms with Crippen LogP contribution in [0.15, 0.2) is 43.0 Å². The highest BCUT2D eigenvalue weighted by molar-refractivity contribution is 6.09. The number of fused-ring (bicyclic) bond motifs is 2. The second-order valence-corrected chi connectivity index (χ2v) is 8.01. The molecule has 1 aromatic carbocycles. The van der Waals surface area contributed by atoms with Crippen LogP contribution in [0.5, 0.6) is 0 Å². The first kappa shape index (κ1) is 20.2. The number of alkyl halides is 2. The Morgan fingerprint density at radius 2 is 2.03 bits per heavy atom. The Balaban J connectivity index is 1.46. The lowest BCUT2D eigenvalue weighted by molar-refractivity contribution is -0.112. The predicted molar refractivity (Wildman–Crippen MR) is 113 cm³/mol. The maximum atomic E-state index is 13.8. The standard InChI is InChI=1S/C22H20F2N6O2/c23-20(24)16-9-18-14(11-30(28-18)15-4-2-13(12-31)3-5-15)8-19(16)27-22(32)17-10-26-29-7-1-6-25-21(17)29/h1,6-13,15,20H,2-5H2,(H,27,32)/t13-,15-. The highest BCUT2D eigenvalue weighted by Gasteiger charge is 2.24. The molecule has 8 nitrogen and oxygen atoms in total. The van der Waals surface area contributed by atoms with Crippen molar-refractivity contribution in [3.05, 3.63) is 54.1 Å². The van der Waals surface area contributed by atoms with Crippen molar-refractivity contribution in [2.24, 2.45) is 5.92 Å². The fraction of sp³-hybridized carbons (Fsp3) is 0.318. The summed E-state index contributed by atoms with van der Waals surface area (Å²) in [5, 5.41) is 11.8. The van der Waals surface area contributed by atoms with Crippen molar-refractivity contribution in [2.45, 2.75) is 38.2 Å². The summed E-state index contributed by atoms with van der Waals surface area (Å²) >= 11 is 0. The number of aromatic nitrogens is 5. The smallest absolute Gasteiger partial charge is 0.265 e. The Labute approximate surface area is 181 Å². The third kappa shape index (κ3) is 3.61. The van der Waals surface area contributed by atoms with E-state index in [0.717, 1.165) is 32.0 Å². The average Bonchev–Trinajstić information content (AvgIpc) is 3.42. The Bertz CT molecular complexity index is 1310. The highest BCUT2D eigenvalue weighted by atomic mass is 19.3. The molecule has 1 N–H and O–H groups in total. The molecule has 0 unspecified atom stereocenters. The number of rotatable bonds is 5. The van der Waals surface area contributed by atoms with Gasteiger partial charge in [0, 0.05) is 35.5 Å². The zero-order valence-corrected chi connectivity index (χ0v) is 17.0. The highest BCUT2D eigenvalue weighted by Crippen LogP contribution is 2.35. The molecule has 1 saturated carbocycles. The molecule has 5 rings (SSSR count). The first-order chi connectivity index (χ1) is 15.5. The van der Waals surface area contributed by atoms with E-state index in [1.165, 1.54) is 29.0 Å². The lowest BCUT2D eigenvalue weighted by atomic mass is 9.87. The summed E-state index contributed by atoms with van der Waals surface area (Å²) in [4.78, 5) is 27.9. The van der Waals surface area contributed by atoms with Gasteiger partial charge in [0.1, 0.15) is 11.8 Å². The van der Waals surface area contributed by atoms with E-state index in [4.69, 9.17) is 0 Å². The molecule has 0 aliphatic heterocycles. The maximum Gasteiger partial charge on any atom is 0.265 e. The van der Waals surface area contributed by atoms with Crippen LogP contribution in [0.4, 0.5) is 14.5 Å². The fourth-order valence-electron chi connectivity index (χ4n) is 4.26. The van der Waals surface area contributed by atoms with E-state index in [0.29, 0.717) is 16.6 Å². The molecular weight excluding hydrogens is 418 g/mol. The van der Waals surface area contributed by atoms with Crippen LogP contribution in [0.1, 0.15) is 54.1 Å². The van der Waals surface area contributed by atoms with Gasteiger partial charge in [-0.25, -0.2) is 18.3 Å². The van der Waals surface area contributed by atoms with Gasteiger partial charge < -0.3 is 10.1 Å². The average molecular weight is 438 g/mol. The zero-order valence-electron chi connectivity index (χ0n) is 17.0. The van der Waals surface area contributed by atoms with Crippen LogP contribution in [0, 0.1) is 5.92 Å². The number of nitrogens with zero attached hydrogens (tertiary/aromatic N) is 5. The molecule has 1 fully saturated rings. The van der Waals surface area contributed by atoms with Crippen LogP contribution in [0.2, 0.25) is 0 Å². The fourth-order valence-corrected chi connectivity index (χ4v) is 4.26. The van der Waals surface area contributed by atoms with Crippen molar-refractivity contribution >= 4 is 34.4 Å². The van der Waals surface area contributed by atoms with Crippen molar-refractivity contribution in [1.82, 2.24) is 24.4 Å². The molecule has 0 spiro atoms. The summed E-state index contributed by atoms with van der Waals surface area (Å²) in [6.45, 7) is 0. The molecule has 4 aromatic rings. The number of benzene rings is 1. The minimum absolute atomic E-state index is 0.0250. The van der Waals surface area contributed by atoms with E-state index in [1.54, 1.807) is 16.9 Å². The molecule has 0 bridgehead atoms. The summed E-state index contributed by atoms with van der Waals surface area (Å²) in [6.07, 6.45) is 7.75. The molecule has 1 amide bonds. The van der Waals surface area contributed by atoms with Crippen LogP contribution in [-0.4, -0.2) is 36.6 Å². The molecule has 32 heavy (non-hydrogen) atoms. The Morgan fingerprint density at radius 3 is 2.78 bits per heavy atom. The van der Waals surface area contributed by atoms with Gasteiger partial charge in [0.05, 0.1) is 23.4 Å². The SMILES string of the molecule is O=C[C@H]1CC[C@H](n2cc3cc(NC(=O)c4cnn5cccnc45)c(C(F)F)cc3n2)CC1. The Morgan fingerprint density at radius 1 is 1.22 bits per heavy atom. The lowest BCUT2D eigenvalue weighted by Crippen LogP contribution is -2.19. The topological polar surface area (TPSA) is 94.2 Å². The molecular formula is C22H20F2N6O2. The van der Waals surface area contributed by atoms with Gasteiger partial charge in [0.15, 0.2) is 5.65 Å². The number of carbonyl (C=O) groups excluding carboxylic acids is 2. The Hall–Kier alpha value is -3.69. The van der Waals surface area contributed by atoms with Gasteiger partial charge in [0.25, 0.3) is 12.3 Å². The van der Waals surface area contributed by atoms with Gasteiger partial charge in [-0.15, -0.1) is 0 Å². The van der Waals surface area contributed by atoms with Crippen molar-refractivity contribution in [3.63, 3.8) is 0 Å². The van der Waals surface area contributed by atoms with Gasteiger partial charge in [-0.2, -0.15) is 10.2 Å². The monoisotopic (exact) mass is 438 g/mol. The summed E-state index contributed by atoms with van der Waals surface area (Å²) in [5.74, 6) is -0.489. The molecule has 0 saturated heterocycles. The summed E-state index contributed by atoms with van der Waals surface area (Å²) < 4.78 is 30.8.